The van der Waals surface area contributed by atoms with Crippen LogP contribution in [-0.2, 0) is 4.79 Å². The molecular weight excluding hydrogens is 312 g/mol. The van der Waals surface area contributed by atoms with Crippen molar-refractivity contribution in [3.8, 4) is 11.3 Å². The van der Waals surface area contributed by atoms with Gasteiger partial charge in [0.1, 0.15) is 6.04 Å². The van der Waals surface area contributed by atoms with E-state index < -0.39 is 17.9 Å². The molecule has 2 rings (SSSR count). The predicted molar refractivity (Wildman–Crippen MR) is 90.6 cm³/mol. The molecule has 0 spiro atoms. The van der Waals surface area contributed by atoms with Crippen LogP contribution in [0.15, 0.2) is 29.0 Å². The number of pyridine rings is 1. The highest BCUT2D eigenvalue weighted by molar-refractivity contribution is 7.08. The van der Waals surface area contributed by atoms with Crippen molar-refractivity contribution < 1.29 is 14.7 Å². The van der Waals surface area contributed by atoms with E-state index in [2.05, 4.69) is 10.3 Å². The van der Waals surface area contributed by atoms with Gasteiger partial charge in [-0.15, -0.1) is 0 Å². The molecule has 0 fully saturated rings. The average molecular weight is 332 g/mol. The van der Waals surface area contributed by atoms with Gasteiger partial charge in [-0.2, -0.15) is 11.3 Å². The Morgan fingerprint density at radius 3 is 2.61 bits per heavy atom. The summed E-state index contributed by atoms with van der Waals surface area (Å²) < 4.78 is 0. The molecule has 5 nitrogen and oxygen atoms in total. The third-order valence-electron chi connectivity index (χ3n) is 3.91. The predicted octanol–water partition coefficient (Wildman–Crippen LogP) is 3.35. The number of carboxylic acid groups (broad SMARTS) is 1. The normalized spacial score (nSPS) is 13.3. The van der Waals surface area contributed by atoms with E-state index in [9.17, 15) is 14.7 Å². The minimum Gasteiger partial charge on any atom is -0.480 e. The van der Waals surface area contributed by atoms with E-state index in [0.29, 0.717) is 17.7 Å². The largest absolute Gasteiger partial charge is 0.480 e. The third-order valence-corrected chi connectivity index (χ3v) is 4.60. The maximum Gasteiger partial charge on any atom is 0.326 e. The smallest absolute Gasteiger partial charge is 0.326 e. The van der Waals surface area contributed by atoms with Gasteiger partial charge in [-0.3, -0.25) is 9.78 Å². The first-order chi connectivity index (χ1) is 10.9. The van der Waals surface area contributed by atoms with Gasteiger partial charge in [0.2, 0.25) is 0 Å². The van der Waals surface area contributed by atoms with Gasteiger partial charge in [-0.25, -0.2) is 4.79 Å². The van der Waals surface area contributed by atoms with Crippen molar-refractivity contribution in [3.63, 3.8) is 0 Å². The van der Waals surface area contributed by atoms with Crippen LogP contribution in [0.1, 0.15) is 36.3 Å². The van der Waals surface area contributed by atoms with Gasteiger partial charge in [-0.1, -0.05) is 20.3 Å². The summed E-state index contributed by atoms with van der Waals surface area (Å²) in [6.07, 6.45) is 0.672. The number of aromatic nitrogens is 1. The second-order valence-electron chi connectivity index (χ2n) is 5.52. The highest BCUT2D eigenvalue weighted by Crippen LogP contribution is 2.21. The van der Waals surface area contributed by atoms with Crippen LogP contribution in [0.2, 0.25) is 0 Å². The number of nitrogens with one attached hydrogen (secondary N) is 1. The van der Waals surface area contributed by atoms with Gasteiger partial charge in [-0.05, 0) is 36.4 Å². The SMILES string of the molecule is CC[C@H](C)[C@H](NC(=O)c1ccc(-c2ccsc2)nc1C)C(=O)O. The zero-order valence-corrected chi connectivity index (χ0v) is 14.2. The number of carbonyl (C=O) groups is 2. The second kappa shape index (κ2) is 7.37. The number of hydrogen-bond donors (Lipinski definition) is 2. The fourth-order valence-corrected chi connectivity index (χ4v) is 2.92. The lowest BCUT2D eigenvalue weighted by molar-refractivity contribution is -0.140. The van der Waals surface area contributed by atoms with Gasteiger partial charge in [0.25, 0.3) is 5.91 Å². The molecular formula is C17H20N2O3S. The molecule has 2 heterocycles. The molecule has 0 aliphatic carbocycles. The summed E-state index contributed by atoms with van der Waals surface area (Å²) in [7, 11) is 0. The van der Waals surface area contributed by atoms with E-state index in [1.54, 1.807) is 30.4 Å². The van der Waals surface area contributed by atoms with Crippen LogP contribution >= 0.6 is 11.3 Å². The van der Waals surface area contributed by atoms with Crippen LogP contribution in [-0.4, -0.2) is 28.0 Å². The van der Waals surface area contributed by atoms with Crippen molar-refractivity contribution in [1.29, 1.82) is 0 Å². The molecule has 0 saturated heterocycles. The highest BCUT2D eigenvalue weighted by Gasteiger charge is 2.26. The summed E-state index contributed by atoms with van der Waals surface area (Å²) >= 11 is 1.58. The summed E-state index contributed by atoms with van der Waals surface area (Å²) in [6.45, 7) is 5.46. The summed E-state index contributed by atoms with van der Waals surface area (Å²) in [5, 5.41) is 15.8. The number of carbonyl (C=O) groups excluding carboxylic acids is 1. The standard InChI is InChI=1S/C17H20N2O3S/c1-4-10(2)15(17(21)22)19-16(20)13-5-6-14(18-11(13)3)12-7-8-23-9-12/h5-10,15H,4H2,1-3H3,(H,19,20)(H,21,22)/t10-,15-/m0/s1. The maximum atomic E-state index is 12.4. The molecule has 6 heteroatoms. The molecule has 2 atom stereocenters. The lowest BCUT2D eigenvalue weighted by Crippen LogP contribution is -2.45. The first-order valence-electron chi connectivity index (χ1n) is 7.48. The van der Waals surface area contributed by atoms with Crippen LogP contribution in [0.4, 0.5) is 0 Å². The molecule has 1 amide bonds. The van der Waals surface area contributed by atoms with Crippen molar-refractivity contribution in [3.05, 3.63) is 40.2 Å². The average Bonchev–Trinajstić information content (AvgIpc) is 3.05. The van der Waals surface area contributed by atoms with Crippen LogP contribution in [0.5, 0.6) is 0 Å². The first kappa shape index (κ1) is 17.1. The Morgan fingerprint density at radius 1 is 1.35 bits per heavy atom. The minimum absolute atomic E-state index is 0.144. The van der Waals surface area contributed by atoms with E-state index in [1.165, 1.54) is 0 Å². The number of aliphatic carboxylic acids is 1. The van der Waals surface area contributed by atoms with Crippen LogP contribution in [0.25, 0.3) is 11.3 Å². The summed E-state index contributed by atoms with van der Waals surface area (Å²) in [5.41, 5.74) is 2.79. The molecule has 0 aromatic carbocycles. The Labute approximate surface area is 139 Å². The molecule has 0 bridgehead atoms. The van der Waals surface area contributed by atoms with E-state index in [-0.39, 0.29) is 5.92 Å². The zero-order valence-electron chi connectivity index (χ0n) is 13.4. The number of thiophene rings is 1. The molecule has 2 aromatic heterocycles. The van der Waals surface area contributed by atoms with Crippen molar-refractivity contribution in [2.75, 3.05) is 0 Å². The summed E-state index contributed by atoms with van der Waals surface area (Å²) in [5.74, 6) is -1.57. The van der Waals surface area contributed by atoms with Gasteiger partial charge in [0.05, 0.1) is 17.0 Å². The Hall–Kier alpha value is -2.21. The number of nitrogens with zero attached hydrogens (tertiary/aromatic N) is 1. The topological polar surface area (TPSA) is 79.3 Å². The summed E-state index contributed by atoms with van der Waals surface area (Å²) in [6, 6.07) is 4.54. The van der Waals surface area contributed by atoms with E-state index in [4.69, 9.17) is 0 Å². The molecule has 23 heavy (non-hydrogen) atoms. The fourth-order valence-electron chi connectivity index (χ4n) is 2.27. The lowest BCUT2D eigenvalue weighted by atomic mass is 9.98. The van der Waals surface area contributed by atoms with Gasteiger partial charge in [0.15, 0.2) is 0 Å². The van der Waals surface area contributed by atoms with Crippen molar-refractivity contribution in [2.45, 2.75) is 33.2 Å². The van der Waals surface area contributed by atoms with Crippen molar-refractivity contribution >= 4 is 23.2 Å². The molecule has 0 saturated carbocycles. The Balaban J connectivity index is 2.21. The minimum atomic E-state index is -1.02. The fraction of sp³-hybridized carbons (Fsp3) is 0.353. The molecule has 122 valence electrons. The molecule has 2 aromatic rings. The number of hydrogen-bond acceptors (Lipinski definition) is 4. The quantitative estimate of drug-likeness (QED) is 0.850. The van der Waals surface area contributed by atoms with Crippen LogP contribution in [0.3, 0.4) is 0 Å². The van der Waals surface area contributed by atoms with E-state index in [1.807, 2.05) is 30.7 Å². The van der Waals surface area contributed by atoms with Crippen molar-refractivity contribution in [1.82, 2.24) is 10.3 Å². The highest BCUT2D eigenvalue weighted by atomic mass is 32.1. The maximum absolute atomic E-state index is 12.4. The number of carboxylic acids is 1. The summed E-state index contributed by atoms with van der Waals surface area (Å²) in [4.78, 5) is 28.2. The Morgan fingerprint density at radius 2 is 2.09 bits per heavy atom. The number of rotatable bonds is 6. The van der Waals surface area contributed by atoms with Crippen molar-refractivity contribution in [2.24, 2.45) is 5.92 Å². The molecule has 0 aliphatic rings. The van der Waals surface area contributed by atoms with E-state index >= 15 is 0 Å². The van der Waals surface area contributed by atoms with Crippen LogP contribution < -0.4 is 5.32 Å². The van der Waals surface area contributed by atoms with E-state index in [0.717, 1.165) is 11.3 Å². The molecule has 2 N–H and O–H groups in total. The molecule has 0 aliphatic heterocycles. The Bertz CT molecular complexity index is 698. The monoisotopic (exact) mass is 332 g/mol. The first-order valence-corrected chi connectivity index (χ1v) is 8.42. The van der Waals surface area contributed by atoms with Gasteiger partial charge in [0, 0.05) is 10.9 Å². The molecule has 0 radical (unpaired) electrons. The van der Waals surface area contributed by atoms with Gasteiger partial charge >= 0.3 is 5.97 Å². The number of aryl methyl sites for hydroxylation is 1. The second-order valence-corrected chi connectivity index (χ2v) is 6.30. The number of amides is 1. The van der Waals surface area contributed by atoms with Crippen LogP contribution in [0, 0.1) is 12.8 Å². The molecule has 0 unspecified atom stereocenters. The Kier molecular flexibility index (Phi) is 5.50. The van der Waals surface area contributed by atoms with Gasteiger partial charge < -0.3 is 10.4 Å². The third kappa shape index (κ3) is 3.96. The zero-order chi connectivity index (χ0) is 17.0. The lowest BCUT2D eigenvalue weighted by Gasteiger charge is -2.20.